The molecule has 0 N–H and O–H groups in total. The molecule has 4 aliphatic carbocycles. The van der Waals surface area contributed by atoms with Crippen LogP contribution in [0.5, 0.6) is 0 Å². The predicted molar refractivity (Wildman–Crippen MR) is 433 cm³/mol. The summed E-state index contributed by atoms with van der Waals surface area (Å²) in [6.07, 6.45) is 13.9. The maximum atomic E-state index is 9.86. The van der Waals surface area contributed by atoms with Gasteiger partial charge in [0.15, 0.2) is 0 Å². The summed E-state index contributed by atoms with van der Waals surface area (Å²) < 4.78 is 1.33. The molecule has 0 bridgehead atoms. The third-order valence-electron chi connectivity index (χ3n) is 24.8. The summed E-state index contributed by atoms with van der Waals surface area (Å²) in [4.78, 5) is 0. The van der Waals surface area contributed by atoms with Gasteiger partial charge in [0.1, 0.15) is 0 Å². The molecule has 0 aliphatic heterocycles. The van der Waals surface area contributed by atoms with E-state index in [-0.39, 0.29) is 14.5 Å². The van der Waals surface area contributed by atoms with Crippen molar-refractivity contribution in [3.8, 4) is 44.5 Å². The van der Waals surface area contributed by atoms with Crippen molar-refractivity contribution in [3.63, 3.8) is 0 Å². The Labute approximate surface area is 592 Å². The molecule has 0 saturated heterocycles. The molecule has 4 aliphatic rings. The van der Waals surface area contributed by atoms with E-state index in [9.17, 15) is 34.1 Å². The van der Waals surface area contributed by atoms with E-state index >= 15 is 0 Å². The Hall–Kier alpha value is -6.00. The summed E-state index contributed by atoms with van der Waals surface area (Å²) in [6.45, 7) is 11.9. The molecule has 12 aromatic carbocycles. The van der Waals surface area contributed by atoms with Crippen LogP contribution in [0.15, 0.2) is 265 Å². The Balaban J connectivity index is 0.821. The quantitative estimate of drug-likeness (QED) is 0.0559. The van der Waals surface area contributed by atoms with Crippen molar-refractivity contribution in [1.29, 1.82) is 0 Å². The van der Waals surface area contributed by atoms with Gasteiger partial charge in [0, 0.05) is 0 Å². The Kier molecular flexibility index (Phi) is 16.5. The molecule has 4 atom stereocenters. The number of unbranched alkanes of at least 4 members (excludes halogenated alkanes) is 3. The van der Waals surface area contributed by atoms with E-state index in [0.29, 0.717) is 0 Å². The van der Waals surface area contributed by atoms with E-state index in [1.165, 1.54) is 154 Å². The van der Waals surface area contributed by atoms with Crippen molar-refractivity contribution < 1.29 is 28.1 Å². The minimum atomic E-state index is -6.05. The van der Waals surface area contributed by atoms with Gasteiger partial charge in [-0.2, -0.15) is 0 Å². The zero-order valence-corrected chi connectivity index (χ0v) is 68.1. The van der Waals surface area contributed by atoms with Crippen molar-refractivity contribution in [2.24, 2.45) is 0 Å². The topological polar surface area (TPSA) is 0 Å². The Morgan fingerprint density at radius 1 is 0.265 bits per heavy atom. The van der Waals surface area contributed by atoms with Crippen LogP contribution in [0, 0.1) is 0 Å². The van der Waals surface area contributed by atoms with Crippen molar-refractivity contribution in [2.45, 2.75) is 102 Å². The minimum absolute atomic E-state index is 0.0836. The first-order valence-corrected chi connectivity index (χ1v) is 71.8. The van der Waals surface area contributed by atoms with E-state index in [4.69, 9.17) is 0 Å². The van der Waals surface area contributed by atoms with Crippen LogP contribution >= 0.6 is 34.1 Å². The van der Waals surface area contributed by atoms with Gasteiger partial charge in [-0.25, -0.2) is 0 Å². The van der Waals surface area contributed by atoms with Gasteiger partial charge in [0.25, 0.3) is 0 Å². The second-order valence-corrected chi connectivity index (χ2v) is 136. The van der Waals surface area contributed by atoms with E-state index in [1.807, 2.05) is 0 Å². The second kappa shape index (κ2) is 24.3. The maximum absolute atomic E-state index is 9.86. The van der Waals surface area contributed by atoms with E-state index < -0.39 is 41.4 Å². The van der Waals surface area contributed by atoms with Crippen LogP contribution < -0.4 is 0 Å². The molecule has 0 aromatic heterocycles. The zero-order chi connectivity index (χ0) is 67.5. The first kappa shape index (κ1) is 66.5. The van der Waals surface area contributed by atoms with Gasteiger partial charge in [-0.3, -0.25) is 0 Å². The number of hydrogen-bond donors (Lipinski definition) is 0. The van der Waals surface area contributed by atoms with Gasteiger partial charge in [-0.05, 0) is 0 Å². The Bertz CT molecular complexity index is 4810. The summed E-state index contributed by atoms with van der Waals surface area (Å²) in [5, 5.41) is 10.0. The van der Waals surface area contributed by atoms with Crippen LogP contribution in [0.4, 0.5) is 0 Å². The standard InChI is InChI=1S/4C20H15.C6H12.2C2H7Si.4ClH.2Zr/c4*1-14-12-16-8-5-11-19(20(16)13-14)18-10-4-7-15-6-2-3-9-17(15)18;1-3-5-6-4-2;2*1-2-3;;;;;;/h4*2-13H,1H3;1-6H2;2*2-3H2,1H3;4*1H;;/q;;;;;;;;;;;2*+2/p-4. The summed E-state index contributed by atoms with van der Waals surface area (Å²) in [5.74, 6) is 0. The van der Waals surface area contributed by atoms with Gasteiger partial charge in [-0.1, -0.05) is 0 Å². The summed E-state index contributed by atoms with van der Waals surface area (Å²) in [5.41, 5.74) is 25.8. The fourth-order valence-corrected chi connectivity index (χ4v) is 138. The molecule has 16 rings (SSSR count). The van der Waals surface area contributed by atoms with Gasteiger partial charge in [0.2, 0.25) is 0 Å². The number of fused-ring (bicyclic) bond motifs is 8. The monoisotopic (exact) mass is 1540 g/mol. The van der Waals surface area contributed by atoms with Crippen LogP contribution in [0.2, 0.25) is 20.3 Å². The third-order valence-corrected chi connectivity index (χ3v) is 128. The third kappa shape index (κ3) is 10.2. The SMILES string of the molecule is CC[SiH2][Zr]([Cl])([Cl])([CH2]CCCC[CH2][Zr]([Cl])([Cl])([SiH2]CC)([CH]1C(C)=Cc2c(-c3cccc4ccccc34)cccc21)[CH]1C(C)=Cc2c(-c3cccc4ccccc34)cccc21)([CH]1C(C)=Cc2c(-c3cccc4ccccc34)cccc21)[CH]1C(C)=Cc2c(-c3cccc4ccccc34)cccc21. The van der Waals surface area contributed by atoms with Gasteiger partial charge >= 0.3 is 599 Å². The fourth-order valence-electron chi connectivity index (χ4n) is 21.8. The number of rotatable bonds is 19. The zero-order valence-electron chi connectivity index (χ0n) is 57.3. The van der Waals surface area contributed by atoms with Crippen LogP contribution in [-0.2, 0) is 28.1 Å². The number of hydrogen-bond acceptors (Lipinski definition) is 0. The molecular weight excluding hydrogens is 1460 g/mol. The predicted octanol–water partition coefficient (Wildman–Crippen LogP) is 27.4. The van der Waals surface area contributed by atoms with E-state index in [0.717, 1.165) is 46.0 Å². The molecule has 4 unspecified atom stereocenters. The first-order chi connectivity index (χ1) is 47.4. The number of halogens is 4. The molecule has 490 valence electrons. The normalized spacial score (nSPS) is 18.9. The van der Waals surface area contributed by atoms with Crippen molar-refractivity contribution in [3.05, 3.63) is 309 Å². The molecule has 0 fully saturated rings. The van der Waals surface area contributed by atoms with Gasteiger partial charge in [-0.15, -0.1) is 0 Å². The van der Waals surface area contributed by atoms with E-state index in [2.05, 4.69) is 309 Å². The molecule has 0 heterocycles. The summed E-state index contributed by atoms with van der Waals surface area (Å²) in [6, 6.07) is 92.6. The van der Waals surface area contributed by atoms with Gasteiger partial charge < -0.3 is 0 Å². The van der Waals surface area contributed by atoms with Crippen LogP contribution in [0.3, 0.4) is 0 Å². The number of allylic oxidation sites excluding steroid dienone is 4. The molecule has 8 heteroatoms. The molecule has 0 amide bonds. The molecule has 0 radical (unpaired) electrons. The fraction of sp³-hybridized carbons (Fsp3) is 0.200. The molecule has 0 spiro atoms. The van der Waals surface area contributed by atoms with Crippen LogP contribution in [-0.4, -0.2) is 13.3 Å². The Morgan fingerprint density at radius 2 is 0.480 bits per heavy atom. The van der Waals surface area contributed by atoms with Crippen molar-refractivity contribution in [2.75, 3.05) is 0 Å². The average molecular weight is 1550 g/mol. The van der Waals surface area contributed by atoms with Crippen molar-refractivity contribution >= 4 is 115 Å². The molecule has 0 saturated carbocycles. The van der Waals surface area contributed by atoms with Gasteiger partial charge in [0.05, 0.1) is 0 Å². The molecule has 12 aromatic rings. The van der Waals surface area contributed by atoms with E-state index in [1.54, 1.807) is 0 Å². The Morgan fingerprint density at radius 3 is 0.724 bits per heavy atom. The summed E-state index contributed by atoms with van der Waals surface area (Å²) in [7, 11) is 39.4. The van der Waals surface area contributed by atoms with Crippen molar-refractivity contribution in [1.82, 2.24) is 0 Å². The average Bonchev–Trinajstić information content (AvgIpc) is 1.33. The van der Waals surface area contributed by atoms with Crippen LogP contribution in [0.1, 0.15) is 126 Å². The summed E-state index contributed by atoms with van der Waals surface area (Å²) >= 11 is -12.1. The van der Waals surface area contributed by atoms with Crippen LogP contribution in [0.25, 0.3) is 112 Å². The first-order valence-electron chi connectivity index (χ1n) is 36.1. The molecule has 0 nitrogen and oxygen atoms in total. The second-order valence-electron chi connectivity index (χ2n) is 30.6. The number of benzene rings is 12. The molecular formula is C90H86Cl4Si2Zr2. The molecule has 98 heavy (non-hydrogen) atoms.